The Hall–Kier alpha value is -2.61. The van der Waals surface area contributed by atoms with Crippen molar-refractivity contribution in [3.8, 4) is 11.3 Å². The maximum Gasteiger partial charge on any atom is 0.252 e. The summed E-state index contributed by atoms with van der Waals surface area (Å²) in [6, 6.07) is 11.2. The molecule has 3 heterocycles. The van der Waals surface area contributed by atoms with Gasteiger partial charge in [0, 0.05) is 19.2 Å². The Morgan fingerprint density at radius 3 is 2.70 bits per heavy atom. The molecule has 140 valence electrons. The number of fused-ring (bicyclic) bond motifs is 1. The van der Waals surface area contributed by atoms with Gasteiger partial charge in [-0.05, 0) is 24.3 Å². The Morgan fingerprint density at radius 2 is 1.96 bits per heavy atom. The van der Waals surface area contributed by atoms with E-state index in [4.69, 9.17) is 0 Å². The summed E-state index contributed by atoms with van der Waals surface area (Å²) in [6.45, 7) is 3.87. The number of H-pyrrole nitrogens is 1. The van der Waals surface area contributed by atoms with Crippen LogP contribution in [-0.2, 0) is 4.79 Å². The Morgan fingerprint density at radius 1 is 1.22 bits per heavy atom. The van der Waals surface area contributed by atoms with Crippen LogP contribution >= 0.6 is 11.8 Å². The van der Waals surface area contributed by atoms with Gasteiger partial charge in [0.05, 0.1) is 11.4 Å². The maximum atomic E-state index is 12.5. The lowest BCUT2D eigenvalue weighted by Gasteiger charge is -2.30. The number of thioether (sulfide) groups is 1. The predicted molar refractivity (Wildman–Crippen MR) is 105 cm³/mol. The summed E-state index contributed by atoms with van der Waals surface area (Å²) in [5.74, 6) is 1.49. The van der Waals surface area contributed by atoms with E-state index in [-0.39, 0.29) is 11.5 Å². The van der Waals surface area contributed by atoms with Crippen molar-refractivity contribution < 1.29 is 4.79 Å². The molecule has 1 N–H and O–H groups in total. The number of aromatic nitrogens is 4. The number of nitrogens with one attached hydrogen (secondary N) is 1. The monoisotopic (exact) mass is 383 g/mol. The van der Waals surface area contributed by atoms with Crippen LogP contribution < -0.4 is 5.56 Å². The van der Waals surface area contributed by atoms with E-state index in [1.807, 2.05) is 35.2 Å². The molecule has 27 heavy (non-hydrogen) atoms. The summed E-state index contributed by atoms with van der Waals surface area (Å²) in [5, 5.41) is 8.86. The average molecular weight is 383 g/mol. The number of aromatic amines is 1. The summed E-state index contributed by atoms with van der Waals surface area (Å²) in [4.78, 5) is 29.1. The fourth-order valence-electron chi connectivity index (χ4n) is 3.29. The van der Waals surface area contributed by atoms with Crippen molar-refractivity contribution in [3.63, 3.8) is 0 Å². The Balaban J connectivity index is 1.59. The number of likely N-dealkylation sites (tertiary alicyclic amines) is 1. The second-order valence-electron chi connectivity index (χ2n) is 6.88. The third-order valence-electron chi connectivity index (χ3n) is 4.91. The van der Waals surface area contributed by atoms with Crippen molar-refractivity contribution in [2.45, 2.75) is 24.9 Å². The fraction of sp³-hybridized carbons (Fsp3) is 0.368. The first-order chi connectivity index (χ1) is 13.1. The highest BCUT2D eigenvalue weighted by molar-refractivity contribution is 7.99. The molecule has 0 radical (unpaired) electrons. The van der Waals surface area contributed by atoms with Crippen LogP contribution in [-0.4, -0.2) is 49.2 Å². The van der Waals surface area contributed by atoms with E-state index in [2.05, 4.69) is 22.1 Å². The first-order valence-electron chi connectivity index (χ1n) is 9.06. The molecule has 4 rings (SSSR count). The summed E-state index contributed by atoms with van der Waals surface area (Å²) >= 11 is 1.35. The molecule has 0 unspecified atom stereocenters. The average Bonchev–Trinajstić information content (AvgIpc) is 3.09. The first kappa shape index (κ1) is 17.8. The molecule has 1 fully saturated rings. The zero-order valence-corrected chi connectivity index (χ0v) is 15.9. The van der Waals surface area contributed by atoms with Crippen molar-refractivity contribution in [1.82, 2.24) is 24.5 Å². The molecule has 1 saturated heterocycles. The number of carbonyl (C=O) groups excluding carboxylic acids is 1. The predicted octanol–water partition coefficient (Wildman–Crippen LogP) is 2.44. The van der Waals surface area contributed by atoms with Gasteiger partial charge in [-0.1, -0.05) is 49.0 Å². The number of piperidine rings is 1. The van der Waals surface area contributed by atoms with Crippen LogP contribution in [0.2, 0.25) is 0 Å². The van der Waals surface area contributed by atoms with Crippen LogP contribution in [0.25, 0.3) is 17.0 Å². The van der Waals surface area contributed by atoms with Crippen molar-refractivity contribution in [1.29, 1.82) is 0 Å². The zero-order chi connectivity index (χ0) is 18.8. The molecule has 1 aliphatic heterocycles. The number of amides is 1. The third kappa shape index (κ3) is 3.75. The highest BCUT2D eigenvalue weighted by Gasteiger charge is 2.21. The molecule has 7 nitrogen and oxygen atoms in total. The Kier molecular flexibility index (Phi) is 4.98. The molecule has 3 aromatic rings. The van der Waals surface area contributed by atoms with Gasteiger partial charge in [0.2, 0.25) is 11.7 Å². The van der Waals surface area contributed by atoms with E-state index in [0.29, 0.717) is 28.3 Å². The second-order valence-corrected chi connectivity index (χ2v) is 7.82. The Labute approximate surface area is 160 Å². The molecular weight excluding hydrogens is 362 g/mol. The highest BCUT2D eigenvalue weighted by Crippen LogP contribution is 2.24. The van der Waals surface area contributed by atoms with Gasteiger partial charge in [-0.2, -0.15) is 0 Å². The van der Waals surface area contributed by atoms with Gasteiger partial charge >= 0.3 is 0 Å². The van der Waals surface area contributed by atoms with Gasteiger partial charge in [0.1, 0.15) is 0 Å². The SMILES string of the molecule is CC1CCN(C(=O)CSc2nnc3[nH]c(=O)cc(-c4ccccc4)n23)CC1. The standard InChI is InChI=1S/C19H21N5O2S/c1-13-7-9-23(10-8-13)17(26)12-27-19-22-21-18-20-16(25)11-15(24(18)19)14-5-3-2-4-6-14/h2-6,11,13H,7-10,12H2,1H3,(H,20,21,25). The fourth-order valence-corrected chi connectivity index (χ4v) is 4.14. The maximum absolute atomic E-state index is 12.5. The second kappa shape index (κ2) is 7.56. The number of nitrogens with zero attached hydrogens (tertiary/aromatic N) is 4. The minimum Gasteiger partial charge on any atom is -0.342 e. The van der Waals surface area contributed by atoms with E-state index in [0.717, 1.165) is 31.5 Å². The quantitative estimate of drug-likeness (QED) is 0.700. The zero-order valence-electron chi connectivity index (χ0n) is 15.1. The van der Waals surface area contributed by atoms with Gasteiger partial charge in [0.15, 0.2) is 5.16 Å². The van der Waals surface area contributed by atoms with Crippen LogP contribution in [0.4, 0.5) is 0 Å². The van der Waals surface area contributed by atoms with E-state index in [1.165, 1.54) is 17.8 Å². The summed E-state index contributed by atoms with van der Waals surface area (Å²) < 4.78 is 1.80. The topological polar surface area (TPSA) is 83.4 Å². The summed E-state index contributed by atoms with van der Waals surface area (Å²) in [7, 11) is 0. The molecule has 0 spiro atoms. The van der Waals surface area contributed by atoms with Gasteiger partial charge < -0.3 is 4.90 Å². The van der Waals surface area contributed by atoms with Crippen LogP contribution in [0.1, 0.15) is 19.8 Å². The van der Waals surface area contributed by atoms with Crippen LogP contribution in [0.15, 0.2) is 46.3 Å². The number of hydrogen-bond acceptors (Lipinski definition) is 5. The minimum absolute atomic E-state index is 0.120. The molecule has 1 aliphatic rings. The normalized spacial score (nSPS) is 15.4. The van der Waals surface area contributed by atoms with Crippen molar-refractivity contribution in [2.75, 3.05) is 18.8 Å². The third-order valence-corrected chi connectivity index (χ3v) is 5.82. The summed E-state index contributed by atoms with van der Waals surface area (Å²) in [5.41, 5.74) is 1.37. The molecule has 0 saturated carbocycles. The lowest BCUT2D eigenvalue weighted by atomic mass is 9.99. The molecule has 0 atom stereocenters. The molecule has 0 aliphatic carbocycles. The van der Waals surface area contributed by atoms with E-state index >= 15 is 0 Å². The lowest BCUT2D eigenvalue weighted by molar-refractivity contribution is -0.129. The molecular formula is C19H21N5O2S. The summed E-state index contributed by atoms with van der Waals surface area (Å²) in [6.07, 6.45) is 2.12. The van der Waals surface area contributed by atoms with E-state index in [9.17, 15) is 9.59 Å². The van der Waals surface area contributed by atoms with Gasteiger partial charge in [-0.3, -0.25) is 19.0 Å². The largest absolute Gasteiger partial charge is 0.342 e. The number of carbonyl (C=O) groups is 1. The van der Waals surface area contributed by atoms with Gasteiger partial charge in [0.25, 0.3) is 5.56 Å². The van der Waals surface area contributed by atoms with Crippen molar-refractivity contribution >= 4 is 23.4 Å². The van der Waals surface area contributed by atoms with Crippen molar-refractivity contribution in [3.05, 3.63) is 46.8 Å². The number of rotatable bonds is 4. The molecule has 1 aromatic carbocycles. The van der Waals surface area contributed by atoms with Crippen LogP contribution in [0, 0.1) is 5.92 Å². The molecule has 8 heteroatoms. The number of benzene rings is 1. The van der Waals surface area contributed by atoms with Crippen molar-refractivity contribution in [2.24, 2.45) is 5.92 Å². The smallest absolute Gasteiger partial charge is 0.252 e. The van der Waals surface area contributed by atoms with E-state index in [1.54, 1.807) is 4.40 Å². The molecule has 1 amide bonds. The van der Waals surface area contributed by atoms with Gasteiger partial charge in [-0.25, -0.2) is 0 Å². The van der Waals surface area contributed by atoms with Gasteiger partial charge in [-0.15, -0.1) is 10.2 Å². The minimum atomic E-state index is -0.233. The lowest BCUT2D eigenvalue weighted by Crippen LogP contribution is -2.38. The van der Waals surface area contributed by atoms with Crippen LogP contribution in [0.5, 0.6) is 0 Å². The van der Waals surface area contributed by atoms with E-state index < -0.39 is 0 Å². The number of hydrogen-bond donors (Lipinski definition) is 1. The first-order valence-corrected chi connectivity index (χ1v) is 10.0. The molecule has 0 bridgehead atoms. The Bertz CT molecular complexity index is 1010. The molecule has 2 aromatic heterocycles. The van der Waals surface area contributed by atoms with Crippen LogP contribution in [0.3, 0.4) is 0 Å². The highest BCUT2D eigenvalue weighted by atomic mass is 32.2.